The Hall–Kier alpha value is -6.18. The molecular weight excluding hydrogens is 579 g/mol. The second-order valence-corrected chi connectivity index (χ2v) is 13.6. The van der Waals surface area contributed by atoms with E-state index in [4.69, 9.17) is 0 Å². The van der Waals surface area contributed by atoms with Crippen LogP contribution in [0.15, 0.2) is 164 Å². The van der Waals surface area contributed by atoms with Crippen LogP contribution in [0.5, 0.6) is 0 Å². The highest BCUT2D eigenvalue weighted by molar-refractivity contribution is 6.27. The minimum absolute atomic E-state index is 0.374. The maximum Gasteiger partial charge on any atom is 0.0726 e. The van der Waals surface area contributed by atoms with E-state index in [2.05, 4.69) is 168 Å². The maximum atomic E-state index is 2.54. The summed E-state index contributed by atoms with van der Waals surface area (Å²) in [5.41, 5.74) is 19.5. The van der Waals surface area contributed by atoms with E-state index >= 15 is 0 Å². The van der Waals surface area contributed by atoms with Gasteiger partial charge in [0.2, 0.25) is 0 Å². The zero-order valence-electron chi connectivity index (χ0n) is 26.0. The lowest BCUT2D eigenvalue weighted by atomic mass is 9.70. The van der Waals surface area contributed by atoms with Crippen LogP contribution < -0.4 is 0 Å². The molecule has 220 valence electrons. The molecular formula is C47H27N. The van der Waals surface area contributed by atoms with Crippen LogP contribution in [0.25, 0.3) is 82.8 Å². The van der Waals surface area contributed by atoms with Gasteiger partial charge in [-0.25, -0.2) is 0 Å². The van der Waals surface area contributed by atoms with Crippen molar-refractivity contribution in [2.24, 2.45) is 0 Å². The average Bonchev–Trinajstić information content (AvgIpc) is 3.85. The minimum atomic E-state index is -0.374. The number of hydrogen-bond acceptors (Lipinski definition) is 0. The standard InChI is InChI=1S/C47H27N/c1-2-13-30-29(12-1)36-18-11-19-37-45(36)38(30)27-39-35-17-6-10-23-44(35)48(46(37)39)28-24-25-34-33-16-5-9-22-42(33)47(43(34)26-28)40-20-7-3-14-31(40)32-15-4-8-21-41(32)47/h1-27H. The molecule has 48 heavy (non-hydrogen) atoms. The molecule has 1 nitrogen and oxygen atoms in total. The van der Waals surface area contributed by atoms with E-state index in [0.29, 0.717) is 0 Å². The van der Waals surface area contributed by atoms with Crippen LogP contribution in [0, 0.1) is 0 Å². The largest absolute Gasteiger partial charge is 0.309 e. The van der Waals surface area contributed by atoms with Gasteiger partial charge in [-0.2, -0.15) is 0 Å². The fraction of sp³-hybridized carbons (Fsp3) is 0.0213. The van der Waals surface area contributed by atoms with Crippen molar-refractivity contribution in [1.29, 1.82) is 0 Å². The number of benzene rings is 8. The molecule has 1 spiro atoms. The molecule has 0 aliphatic heterocycles. The van der Waals surface area contributed by atoms with Gasteiger partial charge in [0, 0.05) is 21.8 Å². The van der Waals surface area contributed by atoms with Gasteiger partial charge in [-0.3, -0.25) is 0 Å². The van der Waals surface area contributed by atoms with E-state index in [0.717, 1.165) is 0 Å². The molecule has 3 aliphatic carbocycles. The van der Waals surface area contributed by atoms with E-state index < -0.39 is 0 Å². The molecule has 1 heterocycles. The summed E-state index contributed by atoms with van der Waals surface area (Å²) in [7, 11) is 0. The highest BCUT2D eigenvalue weighted by atomic mass is 15.0. The van der Waals surface area contributed by atoms with Crippen molar-refractivity contribution in [3.05, 3.63) is 186 Å². The van der Waals surface area contributed by atoms with Gasteiger partial charge < -0.3 is 4.57 Å². The monoisotopic (exact) mass is 605 g/mol. The Morgan fingerprint density at radius 2 is 0.854 bits per heavy atom. The second-order valence-electron chi connectivity index (χ2n) is 13.6. The Labute approximate surface area is 278 Å². The summed E-state index contributed by atoms with van der Waals surface area (Å²) in [6.07, 6.45) is 0. The fourth-order valence-electron chi connectivity index (χ4n) is 9.81. The Kier molecular flexibility index (Phi) is 4.47. The number of nitrogens with zero attached hydrogens (tertiary/aromatic N) is 1. The Balaban J connectivity index is 1.23. The Morgan fingerprint density at radius 1 is 0.333 bits per heavy atom. The molecule has 0 N–H and O–H groups in total. The van der Waals surface area contributed by atoms with Gasteiger partial charge in [0.25, 0.3) is 0 Å². The molecule has 0 radical (unpaired) electrons. The van der Waals surface area contributed by atoms with Crippen LogP contribution in [0.4, 0.5) is 0 Å². The zero-order chi connectivity index (χ0) is 31.1. The molecule has 0 fully saturated rings. The third-order valence-corrected chi connectivity index (χ3v) is 11.5. The highest BCUT2D eigenvalue weighted by Gasteiger charge is 2.51. The smallest absolute Gasteiger partial charge is 0.0726 e. The van der Waals surface area contributed by atoms with E-state index in [1.807, 2.05) is 0 Å². The Morgan fingerprint density at radius 3 is 1.54 bits per heavy atom. The number of rotatable bonds is 1. The quantitative estimate of drug-likeness (QED) is 0.175. The predicted molar refractivity (Wildman–Crippen MR) is 199 cm³/mol. The average molecular weight is 606 g/mol. The highest BCUT2D eigenvalue weighted by Crippen LogP contribution is 2.63. The minimum Gasteiger partial charge on any atom is -0.309 e. The van der Waals surface area contributed by atoms with Crippen molar-refractivity contribution >= 4 is 32.6 Å². The second kappa shape index (κ2) is 8.59. The number of para-hydroxylation sites is 1. The van der Waals surface area contributed by atoms with Gasteiger partial charge in [0.05, 0.1) is 16.4 Å². The number of fused-ring (bicyclic) bond motifs is 17. The predicted octanol–water partition coefficient (Wildman–Crippen LogP) is 11.9. The Bertz CT molecular complexity index is 2840. The molecule has 0 bridgehead atoms. The van der Waals surface area contributed by atoms with Gasteiger partial charge in [-0.15, -0.1) is 0 Å². The molecule has 8 aromatic carbocycles. The molecule has 0 amide bonds. The molecule has 12 rings (SSSR count). The molecule has 1 aromatic heterocycles. The van der Waals surface area contributed by atoms with Crippen LogP contribution in [0.1, 0.15) is 22.3 Å². The summed E-state index contributed by atoms with van der Waals surface area (Å²) in [4.78, 5) is 0. The first-order valence-corrected chi connectivity index (χ1v) is 16.9. The molecule has 9 aromatic rings. The van der Waals surface area contributed by atoms with Crippen molar-refractivity contribution in [2.45, 2.75) is 5.41 Å². The van der Waals surface area contributed by atoms with Gasteiger partial charge in [-0.05, 0) is 96.4 Å². The molecule has 0 atom stereocenters. The molecule has 0 saturated heterocycles. The summed E-state index contributed by atoms with van der Waals surface area (Å²) in [5, 5.41) is 5.26. The number of hydrogen-bond donors (Lipinski definition) is 0. The summed E-state index contributed by atoms with van der Waals surface area (Å²) in [5.74, 6) is 0. The summed E-state index contributed by atoms with van der Waals surface area (Å²) >= 11 is 0. The third kappa shape index (κ3) is 2.75. The van der Waals surface area contributed by atoms with E-state index in [-0.39, 0.29) is 5.41 Å². The van der Waals surface area contributed by atoms with Gasteiger partial charge in [-0.1, -0.05) is 140 Å². The van der Waals surface area contributed by atoms with Crippen LogP contribution in [0.2, 0.25) is 0 Å². The van der Waals surface area contributed by atoms with E-state index in [1.165, 1.54) is 105 Å². The van der Waals surface area contributed by atoms with E-state index in [9.17, 15) is 0 Å². The maximum absolute atomic E-state index is 2.54. The van der Waals surface area contributed by atoms with Crippen molar-refractivity contribution in [1.82, 2.24) is 4.57 Å². The van der Waals surface area contributed by atoms with Crippen molar-refractivity contribution in [3.63, 3.8) is 0 Å². The SMILES string of the molecule is c1ccc2c(c1)-c1cccc3c1c-2cc1c2ccccc2n(-c2ccc4c(c2)C2(c5ccccc5-c5ccccc52)c2ccccc2-4)c31. The zero-order valence-corrected chi connectivity index (χ0v) is 26.0. The summed E-state index contributed by atoms with van der Waals surface area (Å²) in [6, 6.07) is 61.6. The lowest BCUT2D eigenvalue weighted by molar-refractivity contribution is 0.792. The van der Waals surface area contributed by atoms with Crippen LogP contribution in [0.3, 0.4) is 0 Å². The van der Waals surface area contributed by atoms with Gasteiger partial charge in [0.1, 0.15) is 0 Å². The molecule has 0 unspecified atom stereocenters. The van der Waals surface area contributed by atoms with Crippen molar-refractivity contribution < 1.29 is 0 Å². The van der Waals surface area contributed by atoms with Crippen molar-refractivity contribution in [3.8, 4) is 50.2 Å². The van der Waals surface area contributed by atoms with Crippen molar-refractivity contribution in [2.75, 3.05) is 0 Å². The fourth-order valence-corrected chi connectivity index (χ4v) is 9.81. The molecule has 0 saturated carbocycles. The third-order valence-electron chi connectivity index (χ3n) is 11.5. The van der Waals surface area contributed by atoms with Crippen LogP contribution in [-0.4, -0.2) is 4.57 Å². The number of aromatic nitrogens is 1. The van der Waals surface area contributed by atoms with Gasteiger partial charge in [0.15, 0.2) is 0 Å². The normalized spacial score (nSPS) is 14.0. The molecule has 1 heteroatoms. The molecule has 3 aliphatic rings. The van der Waals surface area contributed by atoms with Crippen LogP contribution >= 0.6 is 0 Å². The van der Waals surface area contributed by atoms with Crippen LogP contribution in [-0.2, 0) is 5.41 Å². The summed E-state index contributed by atoms with van der Waals surface area (Å²) < 4.78 is 2.54. The lowest BCUT2D eigenvalue weighted by Crippen LogP contribution is -2.26. The van der Waals surface area contributed by atoms with Gasteiger partial charge >= 0.3 is 0 Å². The first-order chi connectivity index (χ1) is 23.8. The topological polar surface area (TPSA) is 4.93 Å². The first kappa shape index (κ1) is 25.0. The lowest BCUT2D eigenvalue weighted by Gasteiger charge is -2.30. The van der Waals surface area contributed by atoms with E-state index in [1.54, 1.807) is 0 Å². The first-order valence-electron chi connectivity index (χ1n) is 16.9. The summed E-state index contributed by atoms with van der Waals surface area (Å²) in [6.45, 7) is 0.